The second kappa shape index (κ2) is 8.47. The molecule has 0 bridgehead atoms. The van der Waals surface area contributed by atoms with Gasteiger partial charge in [-0.1, -0.05) is 23.4 Å². The van der Waals surface area contributed by atoms with Crippen molar-refractivity contribution in [2.24, 2.45) is 0 Å². The number of fused-ring (bicyclic) bond motifs is 1. The first kappa shape index (κ1) is 19.4. The quantitative estimate of drug-likeness (QED) is 0.232. The lowest BCUT2D eigenvalue weighted by Crippen LogP contribution is -2.13. The van der Waals surface area contributed by atoms with Crippen molar-refractivity contribution in [1.82, 2.24) is 14.9 Å². The number of carbonyl (C=O) groups is 1. The van der Waals surface area contributed by atoms with E-state index >= 15 is 0 Å². The van der Waals surface area contributed by atoms with E-state index in [1.54, 1.807) is 11.8 Å². The summed E-state index contributed by atoms with van der Waals surface area (Å²) >= 11 is 9.23. The Morgan fingerprint density at radius 3 is 2.71 bits per heavy atom. The van der Waals surface area contributed by atoms with Crippen LogP contribution in [0, 0.1) is 6.92 Å². The fraction of sp³-hybridized carbons (Fsp3) is 0.562. The van der Waals surface area contributed by atoms with Crippen LogP contribution >= 0.6 is 34.7 Å². The SMILES string of the molecule is Cc1c(C(=O)OC(C)C)sc2nc(SCCCN(C)C)nc(Cl)c12. The second-order valence-electron chi connectivity index (χ2n) is 5.99. The number of aromatic nitrogens is 2. The summed E-state index contributed by atoms with van der Waals surface area (Å²) in [5.74, 6) is 0.592. The van der Waals surface area contributed by atoms with Gasteiger partial charge in [-0.2, -0.15) is 0 Å². The van der Waals surface area contributed by atoms with Crippen molar-refractivity contribution in [3.05, 3.63) is 15.6 Å². The summed E-state index contributed by atoms with van der Waals surface area (Å²) in [6.07, 6.45) is 0.887. The first-order chi connectivity index (χ1) is 11.3. The van der Waals surface area contributed by atoms with Gasteiger partial charge in [-0.3, -0.25) is 0 Å². The largest absolute Gasteiger partial charge is 0.459 e. The van der Waals surface area contributed by atoms with Gasteiger partial charge in [-0.05, 0) is 53.4 Å². The first-order valence-electron chi connectivity index (χ1n) is 7.74. The van der Waals surface area contributed by atoms with Crippen LogP contribution in [0.3, 0.4) is 0 Å². The Morgan fingerprint density at radius 1 is 1.38 bits per heavy atom. The number of carbonyl (C=O) groups excluding carboxylic acids is 1. The highest BCUT2D eigenvalue weighted by atomic mass is 35.5. The summed E-state index contributed by atoms with van der Waals surface area (Å²) in [7, 11) is 4.10. The van der Waals surface area contributed by atoms with E-state index in [0.29, 0.717) is 15.2 Å². The van der Waals surface area contributed by atoms with Crippen LogP contribution in [0.1, 0.15) is 35.5 Å². The third-order valence-corrected chi connectivity index (χ3v) is 5.61. The molecule has 2 aromatic rings. The molecule has 0 aliphatic carbocycles. The van der Waals surface area contributed by atoms with Crippen LogP contribution in [0.4, 0.5) is 0 Å². The Balaban J connectivity index is 2.22. The number of aryl methyl sites for hydroxylation is 1. The maximum atomic E-state index is 12.2. The third kappa shape index (κ3) is 4.81. The van der Waals surface area contributed by atoms with Crippen LogP contribution < -0.4 is 0 Å². The number of hydrogen-bond donors (Lipinski definition) is 0. The standard InChI is InChI=1S/C16H22ClN3O2S2/c1-9(2)22-15(21)12-10(3)11-13(17)18-16(19-14(11)24-12)23-8-6-7-20(4)5/h9H,6-8H2,1-5H3. The Bertz CT molecular complexity index is 732. The van der Waals surface area contributed by atoms with Crippen molar-refractivity contribution >= 4 is 50.9 Å². The van der Waals surface area contributed by atoms with E-state index in [2.05, 4.69) is 29.0 Å². The van der Waals surface area contributed by atoms with Crippen molar-refractivity contribution in [3.63, 3.8) is 0 Å². The average molecular weight is 388 g/mol. The zero-order valence-corrected chi connectivity index (χ0v) is 16.9. The number of thioether (sulfide) groups is 1. The smallest absolute Gasteiger partial charge is 0.348 e. The van der Waals surface area contributed by atoms with Crippen LogP contribution in [0.25, 0.3) is 10.2 Å². The number of nitrogens with zero attached hydrogens (tertiary/aromatic N) is 3. The number of hydrogen-bond acceptors (Lipinski definition) is 7. The molecule has 0 saturated carbocycles. The monoisotopic (exact) mass is 387 g/mol. The average Bonchev–Trinajstić information content (AvgIpc) is 2.80. The Labute approximate surface area is 155 Å². The molecule has 0 aromatic carbocycles. The fourth-order valence-corrected chi connectivity index (χ4v) is 4.45. The fourth-order valence-electron chi connectivity index (χ4n) is 2.14. The minimum Gasteiger partial charge on any atom is -0.459 e. The van der Waals surface area contributed by atoms with Gasteiger partial charge in [0.1, 0.15) is 14.9 Å². The zero-order valence-electron chi connectivity index (χ0n) is 14.6. The topological polar surface area (TPSA) is 55.3 Å². The van der Waals surface area contributed by atoms with E-state index < -0.39 is 0 Å². The highest BCUT2D eigenvalue weighted by Gasteiger charge is 2.21. The van der Waals surface area contributed by atoms with Gasteiger partial charge in [0.15, 0.2) is 5.16 Å². The molecule has 2 rings (SSSR count). The van der Waals surface area contributed by atoms with Gasteiger partial charge in [-0.15, -0.1) is 11.3 Å². The summed E-state index contributed by atoms with van der Waals surface area (Å²) in [5, 5.41) is 1.79. The zero-order chi connectivity index (χ0) is 17.9. The molecule has 0 radical (unpaired) electrons. The molecule has 5 nitrogen and oxygen atoms in total. The summed E-state index contributed by atoms with van der Waals surface area (Å²) in [6.45, 7) is 6.53. The van der Waals surface area contributed by atoms with Gasteiger partial charge in [0.2, 0.25) is 0 Å². The van der Waals surface area contributed by atoms with Crippen molar-refractivity contribution in [3.8, 4) is 0 Å². The van der Waals surface area contributed by atoms with Gasteiger partial charge in [0.05, 0.1) is 11.5 Å². The van der Waals surface area contributed by atoms with Crippen molar-refractivity contribution < 1.29 is 9.53 Å². The predicted molar refractivity (Wildman–Crippen MR) is 102 cm³/mol. The van der Waals surface area contributed by atoms with Crippen LogP contribution in [-0.2, 0) is 4.74 Å². The van der Waals surface area contributed by atoms with Crippen LogP contribution in [0.5, 0.6) is 0 Å². The molecule has 0 aliphatic rings. The molecule has 8 heteroatoms. The number of esters is 1. The molecule has 0 spiro atoms. The second-order valence-corrected chi connectivity index (χ2v) is 8.41. The molecule has 2 aromatic heterocycles. The molecule has 132 valence electrons. The molecule has 0 unspecified atom stereocenters. The molecule has 0 N–H and O–H groups in total. The molecule has 0 saturated heterocycles. The summed E-state index contributed by atoms with van der Waals surface area (Å²) < 4.78 is 5.29. The highest BCUT2D eigenvalue weighted by Crippen LogP contribution is 2.35. The van der Waals surface area contributed by atoms with Crippen LogP contribution in [0.15, 0.2) is 5.16 Å². The molecular formula is C16H22ClN3O2S2. The van der Waals surface area contributed by atoms with E-state index in [1.165, 1.54) is 11.3 Å². The molecular weight excluding hydrogens is 366 g/mol. The third-order valence-electron chi connectivity index (χ3n) is 3.23. The van der Waals surface area contributed by atoms with E-state index in [9.17, 15) is 4.79 Å². The maximum Gasteiger partial charge on any atom is 0.348 e. The van der Waals surface area contributed by atoms with Gasteiger partial charge in [0.25, 0.3) is 0 Å². The number of halogens is 1. The normalized spacial score (nSPS) is 11.7. The first-order valence-corrected chi connectivity index (χ1v) is 9.92. The number of ether oxygens (including phenoxy) is 1. The van der Waals surface area contributed by atoms with Crippen LogP contribution in [0.2, 0.25) is 5.15 Å². The lowest BCUT2D eigenvalue weighted by molar-refractivity contribution is 0.0383. The molecule has 0 aliphatic heterocycles. The van der Waals surface area contributed by atoms with E-state index in [-0.39, 0.29) is 12.1 Å². The van der Waals surface area contributed by atoms with Crippen molar-refractivity contribution in [2.75, 3.05) is 26.4 Å². The minimum atomic E-state index is -0.332. The number of rotatable bonds is 7. The molecule has 0 fully saturated rings. The van der Waals surface area contributed by atoms with E-state index in [0.717, 1.165) is 34.5 Å². The Hall–Kier alpha value is -0.890. The van der Waals surface area contributed by atoms with Crippen LogP contribution in [-0.4, -0.2) is 53.3 Å². The Kier molecular flexibility index (Phi) is 6.86. The minimum absolute atomic E-state index is 0.161. The van der Waals surface area contributed by atoms with Gasteiger partial charge >= 0.3 is 5.97 Å². The molecule has 0 amide bonds. The predicted octanol–water partition coefficient (Wildman–Crippen LogP) is 4.26. The summed E-state index contributed by atoms with van der Waals surface area (Å²) in [5.41, 5.74) is 0.787. The maximum absolute atomic E-state index is 12.2. The Morgan fingerprint density at radius 2 is 2.08 bits per heavy atom. The molecule has 0 atom stereocenters. The lowest BCUT2D eigenvalue weighted by Gasteiger charge is -2.08. The highest BCUT2D eigenvalue weighted by molar-refractivity contribution is 7.99. The van der Waals surface area contributed by atoms with Crippen molar-refractivity contribution in [2.45, 2.75) is 38.5 Å². The van der Waals surface area contributed by atoms with E-state index in [1.807, 2.05) is 20.8 Å². The summed E-state index contributed by atoms with van der Waals surface area (Å²) in [6, 6.07) is 0. The van der Waals surface area contributed by atoms with E-state index in [4.69, 9.17) is 16.3 Å². The molecule has 2 heterocycles. The summed E-state index contributed by atoms with van der Waals surface area (Å²) in [4.78, 5) is 24.6. The molecule has 24 heavy (non-hydrogen) atoms. The number of thiophene rings is 1. The van der Waals surface area contributed by atoms with Gasteiger partial charge in [-0.25, -0.2) is 14.8 Å². The van der Waals surface area contributed by atoms with Crippen molar-refractivity contribution in [1.29, 1.82) is 0 Å². The van der Waals surface area contributed by atoms with Gasteiger partial charge in [0, 0.05) is 5.75 Å². The lowest BCUT2D eigenvalue weighted by atomic mass is 10.2. The van der Waals surface area contributed by atoms with Gasteiger partial charge < -0.3 is 9.64 Å².